The minimum absolute atomic E-state index is 0.144. The highest BCUT2D eigenvalue weighted by molar-refractivity contribution is 6.00. The zero-order valence-corrected chi connectivity index (χ0v) is 21.8. The first kappa shape index (κ1) is 28.1. The number of hydrogen-bond acceptors (Lipinski definition) is 7. The first-order chi connectivity index (χ1) is 19.1. The van der Waals surface area contributed by atoms with E-state index in [0.29, 0.717) is 40.8 Å². The van der Waals surface area contributed by atoms with Gasteiger partial charge < -0.3 is 21.7 Å². The van der Waals surface area contributed by atoms with Gasteiger partial charge in [-0.05, 0) is 49.7 Å². The summed E-state index contributed by atoms with van der Waals surface area (Å²) in [7, 11) is 0. The Labute approximate surface area is 228 Å². The molecule has 11 heteroatoms. The SMILES string of the molecule is CCCNC(=O)c1ccc(Nc2ncc(C(F)(F)F)c(Nc3ccccc3C(C)=O)n2)c(-c2ccccc2N)c1. The molecule has 40 heavy (non-hydrogen) atoms. The number of nitrogen functional groups attached to an aromatic ring is 1. The maximum absolute atomic E-state index is 13.8. The maximum Gasteiger partial charge on any atom is 0.421 e. The molecule has 0 fully saturated rings. The minimum Gasteiger partial charge on any atom is -0.398 e. The lowest BCUT2D eigenvalue weighted by Gasteiger charge is -2.18. The van der Waals surface area contributed by atoms with Crippen LogP contribution in [0.1, 0.15) is 46.5 Å². The molecule has 0 saturated heterocycles. The van der Waals surface area contributed by atoms with E-state index in [1.54, 1.807) is 54.6 Å². The molecule has 1 heterocycles. The fourth-order valence-electron chi connectivity index (χ4n) is 3.99. The average Bonchev–Trinajstić information content (AvgIpc) is 2.92. The number of amides is 1. The first-order valence-corrected chi connectivity index (χ1v) is 12.4. The van der Waals surface area contributed by atoms with Gasteiger partial charge in [0.1, 0.15) is 11.4 Å². The van der Waals surface area contributed by atoms with Crippen molar-refractivity contribution < 1.29 is 22.8 Å². The fourth-order valence-corrected chi connectivity index (χ4v) is 3.99. The Bertz CT molecular complexity index is 1560. The van der Waals surface area contributed by atoms with Crippen LogP contribution < -0.4 is 21.7 Å². The van der Waals surface area contributed by atoms with Crippen LogP contribution in [0.4, 0.5) is 42.0 Å². The number of carbonyl (C=O) groups excluding carboxylic acids is 2. The number of benzene rings is 3. The standard InChI is InChI=1S/C29H27F3N6O2/c1-3-14-34-27(40)18-12-13-25(21(15-18)20-9-4-6-10-23(20)33)37-28-35-16-22(29(30,31)32)26(38-28)36-24-11-7-5-8-19(24)17(2)39/h4-13,15-16H,3,14,33H2,1-2H3,(H,34,40)(H2,35,36,37,38). The van der Waals surface area contributed by atoms with E-state index >= 15 is 0 Å². The zero-order chi connectivity index (χ0) is 28.9. The molecule has 0 aliphatic carbocycles. The molecule has 4 rings (SSSR count). The van der Waals surface area contributed by atoms with Crippen molar-refractivity contribution in [2.75, 3.05) is 22.9 Å². The second kappa shape index (κ2) is 11.9. The molecular formula is C29H27F3N6O2. The summed E-state index contributed by atoms with van der Waals surface area (Å²) < 4.78 is 41.5. The van der Waals surface area contributed by atoms with Crippen LogP contribution >= 0.6 is 0 Å². The number of carbonyl (C=O) groups is 2. The average molecular weight is 549 g/mol. The highest BCUT2D eigenvalue weighted by Crippen LogP contribution is 2.38. The van der Waals surface area contributed by atoms with Crippen molar-refractivity contribution >= 4 is 40.5 Å². The molecule has 1 aromatic heterocycles. The van der Waals surface area contributed by atoms with Crippen LogP contribution in [0, 0.1) is 0 Å². The van der Waals surface area contributed by atoms with Crippen molar-refractivity contribution in [1.82, 2.24) is 15.3 Å². The number of hydrogen-bond donors (Lipinski definition) is 4. The molecular weight excluding hydrogens is 521 g/mol. The molecule has 0 aliphatic rings. The van der Waals surface area contributed by atoms with E-state index in [0.717, 1.165) is 6.42 Å². The third-order valence-electron chi connectivity index (χ3n) is 5.97. The van der Waals surface area contributed by atoms with Crippen molar-refractivity contribution in [3.63, 3.8) is 0 Å². The quantitative estimate of drug-likeness (QED) is 0.138. The maximum atomic E-state index is 13.8. The van der Waals surface area contributed by atoms with Crippen molar-refractivity contribution in [1.29, 1.82) is 0 Å². The van der Waals surface area contributed by atoms with Gasteiger partial charge in [0, 0.05) is 46.4 Å². The van der Waals surface area contributed by atoms with Crippen molar-refractivity contribution in [3.8, 4) is 11.1 Å². The number of para-hydroxylation sites is 2. The smallest absolute Gasteiger partial charge is 0.398 e. The topological polar surface area (TPSA) is 122 Å². The number of aromatic nitrogens is 2. The molecule has 4 aromatic rings. The Kier molecular flexibility index (Phi) is 8.32. The summed E-state index contributed by atoms with van der Waals surface area (Å²) in [6, 6.07) is 18.1. The number of Topliss-reactive ketones (excluding diaryl/α,β-unsaturated/α-hetero) is 1. The molecule has 0 spiro atoms. The summed E-state index contributed by atoms with van der Waals surface area (Å²) in [4.78, 5) is 32.7. The monoisotopic (exact) mass is 548 g/mol. The predicted molar refractivity (Wildman–Crippen MR) is 149 cm³/mol. The number of anilines is 5. The second-order valence-corrected chi connectivity index (χ2v) is 8.91. The highest BCUT2D eigenvalue weighted by Gasteiger charge is 2.35. The Morgan fingerprint density at radius 3 is 2.35 bits per heavy atom. The van der Waals surface area contributed by atoms with Crippen molar-refractivity contribution in [2.45, 2.75) is 26.4 Å². The molecule has 0 radical (unpaired) electrons. The van der Waals surface area contributed by atoms with Crippen molar-refractivity contribution in [3.05, 3.63) is 89.6 Å². The van der Waals surface area contributed by atoms with Crippen LogP contribution in [0.25, 0.3) is 11.1 Å². The largest absolute Gasteiger partial charge is 0.421 e. The number of rotatable bonds is 9. The Morgan fingerprint density at radius 1 is 0.925 bits per heavy atom. The van der Waals surface area contributed by atoms with Gasteiger partial charge in [0.05, 0.1) is 5.69 Å². The third-order valence-corrected chi connectivity index (χ3v) is 5.97. The van der Waals surface area contributed by atoms with Crippen molar-refractivity contribution in [2.24, 2.45) is 0 Å². The molecule has 206 valence electrons. The van der Waals surface area contributed by atoms with Gasteiger partial charge in [0.25, 0.3) is 5.91 Å². The fraction of sp³-hybridized carbons (Fsp3) is 0.172. The van der Waals surface area contributed by atoms with E-state index in [-0.39, 0.29) is 28.9 Å². The molecule has 5 N–H and O–H groups in total. The number of halogens is 3. The Hall–Kier alpha value is -4.93. The Balaban J connectivity index is 1.78. The van der Waals surface area contributed by atoms with Crippen LogP contribution in [0.3, 0.4) is 0 Å². The molecule has 1 amide bonds. The number of nitrogens with one attached hydrogen (secondary N) is 3. The number of nitrogens with two attached hydrogens (primary N) is 1. The summed E-state index contributed by atoms with van der Waals surface area (Å²) in [5.74, 6) is -1.27. The highest BCUT2D eigenvalue weighted by atomic mass is 19.4. The van der Waals surface area contributed by atoms with E-state index in [4.69, 9.17) is 5.73 Å². The van der Waals surface area contributed by atoms with Crippen LogP contribution in [0.15, 0.2) is 72.9 Å². The molecule has 0 saturated carbocycles. The summed E-state index contributed by atoms with van der Waals surface area (Å²) in [6.07, 6.45) is -3.33. The van der Waals surface area contributed by atoms with Gasteiger partial charge in [-0.3, -0.25) is 9.59 Å². The van der Waals surface area contributed by atoms with Crippen LogP contribution in [0.2, 0.25) is 0 Å². The lowest BCUT2D eigenvalue weighted by Crippen LogP contribution is -2.24. The lowest BCUT2D eigenvalue weighted by atomic mass is 9.99. The van der Waals surface area contributed by atoms with Gasteiger partial charge in [-0.1, -0.05) is 37.3 Å². The third kappa shape index (κ3) is 6.37. The molecule has 3 aromatic carbocycles. The molecule has 0 bridgehead atoms. The second-order valence-electron chi connectivity index (χ2n) is 8.91. The zero-order valence-electron chi connectivity index (χ0n) is 21.8. The van der Waals surface area contributed by atoms with Crippen LogP contribution in [-0.4, -0.2) is 28.2 Å². The van der Waals surface area contributed by atoms with Gasteiger partial charge in [0.15, 0.2) is 5.78 Å². The summed E-state index contributed by atoms with van der Waals surface area (Å²) in [5, 5.41) is 8.44. The normalized spacial score (nSPS) is 11.1. The molecule has 0 aliphatic heterocycles. The van der Waals surface area contributed by atoms with Crippen LogP contribution in [0.5, 0.6) is 0 Å². The molecule has 8 nitrogen and oxygen atoms in total. The predicted octanol–water partition coefficient (Wildman–Crippen LogP) is 6.57. The number of nitrogens with zero attached hydrogens (tertiary/aromatic N) is 2. The van der Waals surface area contributed by atoms with Gasteiger partial charge in [-0.2, -0.15) is 18.2 Å². The molecule has 0 unspecified atom stereocenters. The van der Waals surface area contributed by atoms with Gasteiger partial charge in [-0.15, -0.1) is 0 Å². The number of ketones is 1. The van der Waals surface area contributed by atoms with E-state index < -0.39 is 17.6 Å². The molecule has 0 atom stereocenters. The minimum atomic E-state index is -4.76. The lowest BCUT2D eigenvalue weighted by molar-refractivity contribution is -0.137. The van der Waals surface area contributed by atoms with Gasteiger partial charge >= 0.3 is 6.18 Å². The summed E-state index contributed by atoms with van der Waals surface area (Å²) >= 11 is 0. The van der Waals surface area contributed by atoms with Gasteiger partial charge in [0.2, 0.25) is 5.95 Å². The van der Waals surface area contributed by atoms with E-state index in [9.17, 15) is 22.8 Å². The first-order valence-electron chi connectivity index (χ1n) is 12.4. The van der Waals surface area contributed by atoms with E-state index in [2.05, 4.69) is 25.9 Å². The Morgan fingerprint density at radius 2 is 1.65 bits per heavy atom. The van der Waals surface area contributed by atoms with Gasteiger partial charge in [-0.25, -0.2) is 4.98 Å². The summed E-state index contributed by atoms with van der Waals surface area (Å²) in [6.45, 7) is 3.76. The summed E-state index contributed by atoms with van der Waals surface area (Å²) in [5.41, 5.74) is 7.87. The van der Waals surface area contributed by atoms with E-state index in [1.165, 1.54) is 19.1 Å². The van der Waals surface area contributed by atoms with E-state index in [1.807, 2.05) is 6.92 Å². The number of alkyl halides is 3. The van der Waals surface area contributed by atoms with Crippen LogP contribution in [-0.2, 0) is 6.18 Å².